The third-order valence-corrected chi connectivity index (χ3v) is 4.57. The lowest BCUT2D eigenvalue weighted by molar-refractivity contribution is -0.141. The third-order valence-electron chi connectivity index (χ3n) is 4.57. The predicted molar refractivity (Wildman–Crippen MR) is 83.2 cm³/mol. The fourth-order valence-corrected chi connectivity index (χ4v) is 3.09. The van der Waals surface area contributed by atoms with Gasteiger partial charge < -0.3 is 10.0 Å². The van der Waals surface area contributed by atoms with Crippen molar-refractivity contribution in [3.05, 3.63) is 0 Å². The van der Waals surface area contributed by atoms with Gasteiger partial charge in [0, 0.05) is 18.6 Å². The Kier molecular flexibility index (Phi) is 7.72. The Labute approximate surface area is 128 Å². The molecule has 1 saturated carbocycles. The molecule has 122 valence electrons. The first-order valence-electron chi connectivity index (χ1n) is 8.24. The van der Waals surface area contributed by atoms with E-state index in [4.69, 9.17) is 5.11 Å². The Morgan fingerprint density at radius 2 is 1.76 bits per heavy atom. The molecule has 5 nitrogen and oxygen atoms in total. The summed E-state index contributed by atoms with van der Waals surface area (Å²) in [5.41, 5.74) is 0. The highest BCUT2D eigenvalue weighted by atomic mass is 16.4. The highest BCUT2D eigenvalue weighted by molar-refractivity contribution is 5.79. The molecule has 0 aromatic carbocycles. The van der Waals surface area contributed by atoms with Crippen molar-refractivity contribution in [3.63, 3.8) is 0 Å². The second kappa shape index (κ2) is 9.03. The molecule has 0 heterocycles. The molecule has 1 atom stereocenters. The third kappa shape index (κ3) is 5.65. The van der Waals surface area contributed by atoms with Gasteiger partial charge in [0.25, 0.3) is 0 Å². The fourth-order valence-electron chi connectivity index (χ4n) is 3.09. The van der Waals surface area contributed by atoms with E-state index in [1.807, 2.05) is 25.7 Å². The smallest absolute Gasteiger partial charge is 0.317 e. The molecule has 1 aliphatic rings. The molecule has 0 aromatic heterocycles. The SMILES string of the molecule is CCC(C)N(CC(=O)O)CC(=O)N(CC)C1CCCCC1. The largest absolute Gasteiger partial charge is 0.480 e. The van der Waals surface area contributed by atoms with Gasteiger partial charge in [0.05, 0.1) is 13.1 Å². The number of carboxylic acids is 1. The predicted octanol–water partition coefficient (Wildman–Crippen LogP) is 2.35. The van der Waals surface area contributed by atoms with Crippen LogP contribution >= 0.6 is 0 Å². The normalized spacial score (nSPS) is 17.7. The van der Waals surface area contributed by atoms with Gasteiger partial charge in [-0.25, -0.2) is 0 Å². The molecule has 1 fully saturated rings. The molecule has 0 saturated heterocycles. The average Bonchev–Trinajstić information content (AvgIpc) is 2.47. The first-order valence-corrected chi connectivity index (χ1v) is 8.24. The summed E-state index contributed by atoms with van der Waals surface area (Å²) in [4.78, 5) is 27.3. The Balaban J connectivity index is 2.66. The van der Waals surface area contributed by atoms with Crippen LogP contribution in [0, 0.1) is 0 Å². The van der Waals surface area contributed by atoms with Crippen molar-refractivity contribution in [2.75, 3.05) is 19.6 Å². The molecule has 0 aliphatic heterocycles. The molecular weight excluding hydrogens is 268 g/mol. The van der Waals surface area contributed by atoms with Crippen LogP contribution in [0.4, 0.5) is 0 Å². The van der Waals surface area contributed by atoms with E-state index >= 15 is 0 Å². The zero-order chi connectivity index (χ0) is 15.8. The monoisotopic (exact) mass is 298 g/mol. The lowest BCUT2D eigenvalue weighted by Crippen LogP contribution is -2.49. The molecule has 0 bridgehead atoms. The van der Waals surface area contributed by atoms with Crippen LogP contribution in [-0.4, -0.2) is 58.5 Å². The van der Waals surface area contributed by atoms with Crippen LogP contribution in [-0.2, 0) is 9.59 Å². The fraction of sp³-hybridized carbons (Fsp3) is 0.875. The summed E-state index contributed by atoms with van der Waals surface area (Å²) in [7, 11) is 0. The number of rotatable bonds is 8. The van der Waals surface area contributed by atoms with E-state index < -0.39 is 5.97 Å². The number of carboxylic acid groups (broad SMARTS) is 1. The number of carbonyl (C=O) groups is 2. The van der Waals surface area contributed by atoms with Gasteiger partial charge in [-0.2, -0.15) is 0 Å². The van der Waals surface area contributed by atoms with Crippen molar-refractivity contribution in [1.29, 1.82) is 0 Å². The summed E-state index contributed by atoms with van der Waals surface area (Å²) in [6.45, 7) is 6.87. The topological polar surface area (TPSA) is 60.9 Å². The van der Waals surface area contributed by atoms with E-state index in [0.717, 1.165) is 19.3 Å². The van der Waals surface area contributed by atoms with Crippen molar-refractivity contribution < 1.29 is 14.7 Å². The lowest BCUT2D eigenvalue weighted by atomic mass is 9.94. The minimum Gasteiger partial charge on any atom is -0.480 e. The van der Waals surface area contributed by atoms with E-state index in [1.54, 1.807) is 4.90 Å². The van der Waals surface area contributed by atoms with Gasteiger partial charge in [-0.05, 0) is 33.1 Å². The van der Waals surface area contributed by atoms with Crippen LogP contribution < -0.4 is 0 Å². The van der Waals surface area contributed by atoms with Crippen LogP contribution in [0.5, 0.6) is 0 Å². The van der Waals surface area contributed by atoms with Crippen molar-refractivity contribution in [3.8, 4) is 0 Å². The number of carbonyl (C=O) groups excluding carboxylic acids is 1. The van der Waals surface area contributed by atoms with E-state index in [9.17, 15) is 9.59 Å². The lowest BCUT2D eigenvalue weighted by Gasteiger charge is -2.36. The van der Waals surface area contributed by atoms with Gasteiger partial charge in [-0.3, -0.25) is 14.5 Å². The number of hydrogen-bond donors (Lipinski definition) is 1. The van der Waals surface area contributed by atoms with E-state index in [0.29, 0.717) is 12.6 Å². The standard InChI is InChI=1S/C16H30N2O3/c1-4-13(3)17(12-16(20)21)11-15(19)18(5-2)14-9-7-6-8-10-14/h13-14H,4-12H2,1-3H3,(H,20,21). The minimum atomic E-state index is -0.871. The molecule has 21 heavy (non-hydrogen) atoms. The molecule has 5 heteroatoms. The maximum absolute atomic E-state index is 12.6. The Morgan fingerprint density at radius 1 is 1.14 bits per heavy atom. The number of likely N-dealkylation sites (N-methyl/N-ethyl adjacent to an activating group) is 1. The summed E-state index contributed by atoms with van der Waals surface area (Å²) >= 11 is 0. The summed E-state index contributed by atoms with van der Waals surface area (Å²) in [6.07, 6.45) is 6.66. The van der Waals surface area contributed by atoms with Crippen molar-refractivity contribution in [2.24, 2.45) is 0 Å². The molecule has 1 N–H and O–H groups in total. The summed E-state index contributed by atoms with van der Waals surface area (Å²) < 4.78 is 0. The molecule has 1 amide bonds. The van der Waals surface area contributed by atoms with Crippen molar-refractivity contribution >= 4 is 11.9 Å². The number of hydrogen-bond acceptors (Lipinski definition) is 3. The Bertz CT molecular complexity index is 340. The van der Waals surface area contributed by atoms with Gasteiger partial charge >= 0.3 is 5.97 Å². The van der Waals surface area contributed by atoms with Crippen LogP contribution in [0.1, 0.15) is 59.3 Å². The van der Waals surface area contributed by atoms with Crippen molar-refractivity contribution in [2.45, 2.75) is 71.4 Å². The van der Waals surface area contributed by atoms with Gasteiger partial charge in [0.1, 0.15) is 0 Å². The molecule has 0 spiro atoms. The van der Waals surface area contributed by atoms with Crippen LogP contribution in [0.15, 0.2) is 0 Å². The molecular formula is C16H30N2O3. The minimum absolute atomic E-state index is 0.0665. The molecule has 0 radical (unpaired) electrons. The van der Waals surface area contributed by atoms with Gasteiger partial charge in [0.15, 0.2) is 0 Å². The van der Waals surface area contributed by atoms with Gasteiger partial charge in [-0.15, -0.1) is 0 Å². The quantitative estimate of drug-likeness (QED) is 0.747. The van der Waals surface area contributed by atoms with E-state index in [2.05, 4.69) is 0 Å². The molecule has 1 rings (SSSR count). The maximum atomic E-state index is 12.6. The first kappa shape index (κ1) is 18.0. The van der Waals surface area contributed by atoms with Gasteiger partial charge in [-0.1, -0.05) is 26.2 Å². The Hall–Kier alpha value is -1.10. The second-order valence-corrected chi connectivity index (χ2v) is 6.03. The van der Waals surface area contributed by atoms with E-state index in [1.165, 1.54) is 19.3 Å². The summed E-state index contributed by atoms with van der Waals surface area (Å²) in [5, 5.41) is 9.02. The highest BCUT2D eigenvalue weighted by Gasteiger charge is 2.27. The first-order chi connectivity index (χ1) is 9.99. The highest BCUT2D eigenvalue weighted by Crippen LogP contribution is 2.22. The number of aliphatic carboxylic acids is 1. The molecule has 1 aliphatic carbocycles. The number of amides is 1. The maximum Gasteiger partial charge on any atom is 0.317 e. The van der Waals surface area contributed by atoms with Crippen LogP contribution in [0.2, 0.25) is 0 Å². The number of nitrogens with zero attached hydrogens (tertiary/aromatic N) is 2. The van der Waals surface area contributed by atoms with E-state index in [-0.39, 0.29) is 25.0 Å². The zero-order valence-electron chi connectivity index (χ0n) is 13.7. The molecule has 1 unspecified atom stereocenters. The zero-order valence-corrected chi connectivity index (χ0v) is 13.7. The van der Waals surface area contributed by atoms with Crippen LogP contribution in [0.25, 0.3) is 0 Å². The summed E-state index contributed by atoms with van der Waals surface area (Å²) in [5.74, 6) is -0.797. The van der Waals surface area contributed by atoms with Crippen molar-refractivity contribution in [1.82, 2.24) is 9.80 Å². The Morgan fingerprint density at radius 3 is 2.24 bits per heavy atom. The summed E-state index contributed by atoms with van der Waals surface area (Å²) in [6, 6.07) is 0.454. The second-order valence-electron chi connectivity index (χ2n) is 6.03. The molecule has 0 aromatic rings. The van der Waals surface area contributed by atoms with Gasteiger partial charge in [0.2, 0.25) is 5.91 Å². The van der Waals surface area contributed by atoms with Crippen LogP contribution in [0.3, 0.4) is 0 Å². The average molecular weight is 298 g/mol.